The molecule has 0 spiro atoms. The molecule has 0 radical (unpaired) electrons. The number of benzene rings is 1. The van der Waals surface area contributed by atoms with Crippen molar-refractivity contribution in [3.63, 3.8) is 0 Å². The quantitative estimate of drug-likeness (QED) is 0.896. The Hall–Kier alpha value is -1.48. The SMILES string of the molecule is CN(C)c1ccc(NC2CCCc3sccc32)cc1. The van der Waals surface area contributed by atoms with E-state index in [2.05, 4.69) is 60.0 Å². The lowest BCUT2D eigenvalue weighted by molar-refractivity contribution is 0.609. The molecule has 1 unspecified atom stereocenters. The fourth-order valence-electron chi connectivity index (χ4n) is 2.69. The molecule has 3 rings (SSSR count). The first-order valence-corrected chi connectivity index (χ1v) is 7.72. The van der Waals surface area contributed by atoms with Gasteiger partial charge in [0.2, 0.25) is 0 Å². The minimum atomic E-state index is 0.486. The highest BCUT2D eigenvalue weighted by atomic mass is 32.1. The van der Waals surface area contributed by atoms with E-state index >= 15 is 0 Å². The Bertz CT molecular complexity index is 542. The zero-order valence-corrected chi connectivity index (χ0v) is 12.3. The van der Waals surface area contributed by atoms with E-state index in [-0.39, 0.29) is 0 Å². The van der Waals surface area contributed by atoms with Gasteiger partial charge in [-0.05, 0) is 60.5 Å². The second-order valence-electron chi connectivity index (χ2n) is 5.33. The van der Waals surface area contributed by atoms with Crippen LogP contribution in [0, 0.1) is 0 Å². The van der Waals surface area contributed by atoms with E-state index in [9.17, 15) is 0 Å². The molecule has 19 heavy (non-hydrogen) atoms. The average Bonchev–Trinajstić information content (AvgIpc) is 2.89. The molecule has 0 fully saturated rings. The molecule has 1 aliphatic rings. The van der Waals surface area contributed by atoms with Crippen LogP contribution >= 0.6 is 11.3 Å². The number of nitrogens with one attached hydrogen (secondary N) is 1. The molecular formula is C16H20N2S. The van der Waals surface area contributed by atoms with Crippen LogP contribution in [0.2, 0.25) is 0 Å². The Morgan fingerprint density at radius 2 is 1.95 bits per heavy atom. The molecule has 0 saturated heterocycles. The topological polar surface area (TPSA) is 15.3 Å². The van der Waals surface area contributed by atoms with Gasteiger partial charge in [0.15, 0.2) is 0 Å². The van der Waals surface area contributed by atoms with E-state index < -0.39 is 0 Å². The minimum absolute atomic E-state index is 0.486. The highest BCUT2D eigenvalue weighted by Gasteiger charge is 2.20. The summed E-state index contributed by atoms with van der Waals surface area (Å²) >= 11 is 1.90. The van der Waals surface area contributed by atoms with Crippen LogP contribution in [0.5, 0.6) is 0 Å². The first kappa shape index (κ1) is 12.5. The maximum Gasteiger partial charge on any atom is 0.0524 e. The summed E-state index contributed by atoms with van der Waals surface area (Å²) in [5, 5.41) is 5.90. The predicted octanol–water partition coefficient (Wildman–Crippen LogP) is 4.30. The van der Waals surface area contributed by atoms with E-state index in [0.717, 1.165) is 0 Å². The summed E-state index contributed by atoms with van der Waals surface area (Å²) in [5.41, 5.74) is 3.97. The third kappa shape index (κ3) is 2.61. The number of aryl methyl sites for hydroxylation is 1. The Morgan fingerprint density at radius 3 is 2.68 bits per heavy atom. The Morgan fingerprint density at radius 1 is 1.16 bits per heavy atom. The third-order valence-electron chi connectivity index (χ3n) is 3.78. The van der Waals surface area contributed by atoms with Crippen LogP contribution in [0.15, 0.2) is 35.7 Å². The molecule has 2 nitrogen and oxygen atoms in total. The predicted molar refractivity (Wildman–Crippen MR) is 84.4 cm³/mol. The number of hydrogen-bond acceptors (Lipinski definition) is 3. The van der Waals surface area contributed by atoms with Gasteiger partial charge in [0.05, 0.1) is 6.04 Å². The largest absolute Gasteiger partial charge is 0.378 e. The molecule has 0 saturated carbocycles. The van der Waals surface area contributed by atoms with Crippen molar-refractivity contribution in [2.75, 3.05) is 24.3 Å². The molecule has 3 heteroatoms. The second-order valence-corrected chi connectivity index (χ2v) is 6.33. The summed E-state index contributed by atoms with van der Waals surface area (Å²) in [6.07, 6.45) is 3.78. The number of anilines is 2. The zero-order chi connectivity index (χ0) is 13.2. The molecule has 1 heterocycles. The standard InChI is InChI=1S/C16H20N2S/c1-18(2)13-8-6-12(7-9-13)17-15-4-3-5-16-14(15)10-11-19-16/h6-11,15,17H,3-5H2,1-2H3. The van der Waals surface area contributed by atoms with Crippen molar-refractivity contribution in [2.45, 2.75) is 25.3 Å². The van der Waals surface area contributed by atoms with Crippen molar-refractivity contribution >= 4 is 22.7 Å². The Labute approximate surface area is 119 Å². The van der Waals surface area contributed by atoms with Crippen LogP contribution in [0.25, 0.3) is 0 Å². The van der Waals surface area contributed by atoms with Crippen LogP contribution in [-0.2, 0) is 6.42 Å². The highest BCUT2D eigenvalue weighted by molar-refractivity contribution is 7.10. The van der Waals surface area contributed by atoms with Gasteiger partial charge in [-0.25, -0.2) is 0 Å². The minimum Gasteiger partial charge on any atom is -0.378 e. The van der Waals surface area contributed by atoms with Crippen molar-refractivity contribution < 1.29 is 0 Å². The van der Waals surface area contributed by atoms with Crippen molar-refractivity contribution in [1.82, 2.24) is 0 Å². The molecule has 1 aromatic heterocycles. The van der Waals surface area contributed by atoms with Gasteiger partial charge in [0.25, 0.3) is 0 Å². The molecule has 1 aliphatic carbocycles. The summed E-state index contributed by atoms with van der Waals surface area (Å²) in [5.74, 6) is 0. The molecule has 1 atom stereocenters. The lowest BCUT2D eigenvalue weighted by atomic mass is 9.94. The van der Waals surface area contributed by atoms with Gasteiger partial charge in [-0.2, -0.15) is 0 Å². The van der Waals surface area contributed by atoms with Crippen LogP contribution in [0.3, 0.4) is 0 Å². The smallest absolute Gasteiger partial charge is 0.0524 e. The molecule has 1 aromatic carbocycles. The van der Waals surface area contributed by atoms with Crippen LogP contribution in [0.4, 0.5) is 11.4 Å². The van der Waals surface area contributed by atoms with Crippen molar-refractivity contribution in [3.05, 3.63) is 46.2 Å². The third-order valence-corrected chi connectivity index (χ3v) is 4.77. The molecule has 100 valence electrons. The second kappa shape index (κ2) is 5.25. The maximum atomic E-state index is 3.68. The number of rotatable bonds is 3. The van der Waals surface area contributed by atoms with E-state index in [4.69, 9.17) is 0 Å². The lowest BCUT2D eigenvalue weighted by Crippen LogP contribution is -2.15. The van der Waals surface area contributed by atoms with Gasteiger partial charge >= 0.3 is 0 Å². The van der Waals surface area contributed by atoms with Gasteiger partial charge in [-0.15, -0.1) is 11.3 Å². The average molecular weight is 272 g/mol. The van der Waals surface area contributed by atoms with Gasteiger partial charge in [-0.3, -0.25) is 0 Å². The molecule has 1 N–H and O–H groups in total. The summed E-state index contributed by atoms with van der Waals surface area (Å²) in [6, 6.07) is 11.5. The summed E-state index contributed by atoms with van der Waals surface area (Å²) < 4.78 is 0. The maximum absolute atomic E-state index is 3.68. The fraction of sp³-hybridized carbons (Fsp3) is 0.375. The molecule has 2 aromatic rings. The van der Waals surface area contributed by atoms with Gasteiger partial charge < -0.3 is 10.2 Å². The van der Waals surface area contributed by atoms with Crippen molar-refractivity contribution in [1.29, 1.82) is 0 Å². The number of hydrogen-bond donors (Lipinski definition) is 1. The van der Waals surface area contributed by atoms with Gasteiger partial charge in [0, 0.05) is 30.3 Å². The molecule has 0 aliphatic heterocycles. The number of fused-ring (bicyclic) bond motifs is 1. The van der Waals surface area contributed by atoms with Crippen LogP contribution in [-0.4, -0.2) is 14.1 Å². The zero-order valence-electron chi connectivity index (χ0n) is 11.5. The fourth-order valence-corrected chi connectivity index (χ4v) is 3.68. The van der Waals surface area contributed by atoms with E-state index in [1.807, 2.05) is 11.3 Å². The van der Waals surface area contributed by atoms with E-state index in [0.29, 0.717) is 6.04 Å². The Kier molecular flexibility index (Phi) is 3.47. The summed E-state index contributed by atoms with van der Waals surface area (Å²) in [6.45, 7) is 0. The normalized spacial score (nSPS) is 17.9. The van der Waals surface area contributed by atoms with Crippen molar-refractivity contribution in [3.8, 4) is 0 Å². The van der Waals surface area contributed by atoms with Crippen LogP contribution < -0.4 is 10.2 Å². The Balaban J connectivity index is 1.76. The monoisotopic (exact) mass is 272 g/mol. The molecule has 0 bridgehead atoms. The summed E-state index contributed by atoms with van der Waals surface area (Å²) in [4.78, 5) is 3.69. The molecule has 0 amide bonds. The van der Waals surface area contributed by atoms with Gasteiger partial charge in [-0.1, -0.05) is 0 Å². The first-order chi connectivity index (χ1) is 9.24. The van der Waals surface area contributed by atoms with E-state index in [1.54, 1.807) is 4.88 Å². The van der Waals surface area contributed by atoms with Gasteiger partial charge in [0.1, 0.15) is 0 Å². The number of nitrogens with zero attached hydrogens (tertiary/aromatic N) is 1. The lowest BCUT2D eigenvalue weighted by Gasteiger charge is -2.25. The first-order valence-electron chi connectivity index (χ1n) is 6.84. The van der Waals surface area contributed by atoms with E-state index in [1.165, 1.54) is 36.2 Å². The number of thiophene rings is 1. The van der Waals surface area contributed by atoms with Crippen LogP contribution in [0.1, 0.15) is 29.3 Å². The molecular weight excluding hydrogens is 252 g/mol. The van der Waals surface area contributed by atoms with Crippen molar-refractivity contribution in [2.24, 2.45) is 0 Å². The highest BCUT2D eigenvalue weighted by Crippen LogP contribution is 2.35. The summed E-state index contributed by atoms with van der Waals surface area (Å²) in [7, 11) is 4.14.